The summed E-state index contributed by atoms with van der Waals surface area (Å²) in [6, 6.07) is 6.47. The van der Waals surface area contributed by atoms with E-state index in [0.29, 0.717) is 29.9 Å². The van der Waals surface area contributed by atoms with E-state index in [1.807, 2.05) is 13.8 Å². The molecule has 2 aromatic rings. The second kappa shape index (κ2) is 12.1. The van der Waals surface area contributed by atoms with Crippen LogP contribution in [0.5, 0.6) is 11.5 Å². The highest BCUT2D eigenvalue weighted by Crippen LogP contribution is 2.64. The summed E-state index contributed by atoms with van der Waals surface area (Å²) in [4.78, 5) is 24.4. The van der Waals surface area contributed by atoms with Crippen molar-refractivity contribution in [2.24, 2.45) is 0 Å². The monoisotopic (exact) mass is 548 g/mol. The lowest BCUT2D eigenvalue weighted by Crippen LogP contribution is -2.27. The highest BCUT2D eigenvalue weighted by molar-refractivity contribution is 5.98. The second-order valence-electron chi connectivity index (χ2n) is 11.7. The van der Waals surface area contributed by atoms with Gasteiger partial charge in [0.15, 0.2) is 0 Å². The molecular formula is C34H44O6. The van der Waals surface area contributed by atoms with Crippen LogP contribution < -0.4 is 9.47 Å². The van der Waals surface area contributed by atoms with Gasteiger partial charge in [0.1, 0.15) is 36.9 Å². The van der Waals surface area contributed by atoms with Gasteiger partial charge in [-0.25, -0.2) is 9.59 Å². The van der Waals surface area contributed by atoms with Crippen molar-refractivity contribution in [3.8, 4) is 11.5 Å². The standard InChI is InChI=1S/C34H44O6/c1-9-22-12-13-26-27(16-22)30(37-18-24(10-2)39-32(35)20(4)5)28-23-14-15-34(8,17-23)29(28)31(26)38-19-25(11-3)40-33(36)21(6)7/h12-13,16,23-25H,4,6,9-11,14-15,17-19H2,1-3,5,7-8H3. The van der Waals surface area contributed by atoms with E-state index in [1.165, 1.54) is 16.7 Å². The summed E-state index contributed by atoms with van der Waals surface area (Å²) in [5, 5.41) is 2.00. The average Bonchev–Trinajstić information content (AvgIpc) is 3.47. The number of carbonyl (C=O) groups is 2. The smallest absolute Gasteiger partial charge is 0.333 e. The predicted molar refractivity (Wildman–Crippen MR) is 158 cm³/mol. The molecule has 0 radical (unpaired) electrons. The zero-order valence-corrected chi connectivity index (χ0v) is 25.0. The number of carbonyl (C=O) groups excluding carboxylic acids is 2. The number of aryl methyl sites for hydroxylation is 1. The van der Waals surface area contributed by atoms with Crippen molar-refractivity contribution >= 4 is 22.7 Å². The molecule has 2 aromatic carbocycles. The molecule has 0 aromatic heterocycles. The second-order valence-corrected chi connectivity index (χ2v) is 11.7. The highest BCUT2D eigenvalue weighted by atomic mass is 16.6. The van der Waals surface area contributed by atoms with E-state index in [1.54, 1.807) is 13.8 Å². The Labute approximate surface area is 238 Å². The molecule has 4 atom stereocenters. The third-order valence-electron chi connectivity index (χ3n) is 8.46. The lowest BCUT2D eigenvalue weighted by molar-refractivity contribution is -0.146. The Morgan fingerprint density at radius 1 is 0.925 bits per heavy atom. The minimum Gasteiger partial charge on any atom is -0.489 e. The van der Waals surface area contributed by atoms with Crippen molar-refractivity contribution in [2.75, 3.05) is 13.2 Å². The molecule has 6 nitrogen and oxygen atoms in total. The van der Waals surface area contributed by atoms with Crippen LogP contribution in [-0.4, -0.2) is 37.4 Å². The van der Waals surface area contributed by atoms with Gasteiger partial charge in [-0.15, -0.1) is 0 Å². The molecule has 6 heteroatoms. The summed E-state index contributed by atoms with van der Waals surface area (Å²) >= 11 is 0. The summed E-state index contributed by atoms with van der Waals surface area (Å²) in [6.07, 6.45) is 4.68. The lowest BCUT2D eigenvalue weighted by Gasteiger charge is -2.31. The van der Waals surface area contributed by atoms with E-state index in [9.17, 15) is 9.59 Å². The van der Waals surface area contributed by atoms with Gasteiger partial charge in [0, 0.05) is 33.0 Å². The molecule has 0 heterocycles. The summed E-state index contributed by atoms with van der Waals surface area (Å²) < 4.78 is 24.6. The van der Waals surface area contributed by atoms with Gasteiger partial charge in [0.2, 0.25) is 0 Å². The van der Waals surface area contributed by atoms with Gasteiger partial charge in [-0.05, 0) is 75.3 Å². The van der Waals surface area contributed by atoms with Crippen LogP contribution in [0.1, 0.15) is 96.3 Å². The predicted octanol–water partition coefficient (Wildman–Crippen LogP) is 7.49. The Bertz CT molecular complexity index is 1320. The van der Waals surface area contributed by atoms with Crippen molar-refractivity contribution in [3.63, 3.8) is 0 Å². The summed E-state index contributed by atoms with van der Waals surface area (Å²) in [7, 11) is 0. The first-order chi connectivity index (χ1) is 19.0. The molecule has 0 N–H and O–H groups in total. The Morgan fingerprint density at radius 3 is 2.02 bits per heavy atom. The molecule has 2 aliphatic rings. The van der Waals surface area contributed by atoms with Crippen molar-refractivity contribution < 1.29 is 28.5 Å². The van der Waals surface area contributed by atoms with E-state index >= 15 is 0 Å². The molecule has 0 spiro atoms. The lowest BCUT2D eigenvalue weighted by atomic mass is 9.78. The topological polar surface area (TPSA) is 71.1 Å². The minimum atomic E-state index is -0.397. The minimum absolute atomic E-state index is 0.0161. The van der Waals surface area contributed by atoms with Gasteiger partial charge in [-0.2, -0.15) is 0 Å². The van der Waals surface area contributed by atoms with E-state index in [4.69, 9.17) is 18.9 Å². The van der Waals surface area contributed by atoms with Crippen LogP contribution in [0.4, 0.5) is 0 Å². The molecule has 2 aliphatic carbocycles. The number of ether oxygens (including phenoxy) is 4. The van der Waals surface area contributed by atoms with E-state index in [2.05, 4.69) is 45.2 Å². The van der Waals surface area contributed by atoms with Crippen LogP contribution in [-0.2, 0) is 30.9 Å². The van der Waals surface area contributed by atoms with Gasteiger partial charge in [0.05, 0.1) is 0 Å². The molecule has 0 aliphatic heterocycles. The van der Waals surface area contributed by atoms with Crippen LogP contribution in [0.25, 0.3) is 10.8 Å². The van der Waals surface area contributed by atoms with E-state index < -0.39 is 11.9 Å². The molecule has 0 saturated heterocycles. The van der Waals surface area contributed by atoms with Crippen LogP contribution in [0.15, 0.2) is 42.5 Å². The van der Waals surface area contributed by atoms with Crippen LogP contribution in [0, 0.1) is 0 Å². The normalized spacial score (nSPS) is 20.5. The van der Waals surface area contributed by atoms with Gasteiger partial charge in [0.25, 0.3) is 0 Å². The number of fused-ring (bicyclic) bond motifs is 6. The third-order valence-corrected chi connectivity index (χ3v) is 8.46. The fourth-order valence-corrected chi connectivity index (χ4v) is 6.05. The summed E-state index contributed by atoms with van der Waals surface area (Å²) in [5.41, 5.74) is 4.38. The van der Waals surface area contributed by atoms with E-state index in [0.717, 1.165) is 48.0 Å². The van der Waals surface area contributed by atoms with Crippen molar-refractivity contribution in [1.29, 1.82) is 0 Å². The van der Waals surface area contributed by atoms with Gasteiger partial charge in [-0.1, -0.05) is 53.0 Å². The zero-order valence-electron chi connectivity index (χ0n) is 25.0. The molecular weight excluding hydrogens is 504 g/mol. The van der Waals surface area contributed by atoms with Crippen LogP contribution in [0.3, 0.4) is 0 Å². The van der Waals surface area contributed by atoms with Gasteiger partial charge < -0.3 is 18.9 Å². The van der Waals surface area contributed by atoms with Crippen molar-refractivity contribution in [3.05, 3.63) is 59.2 Å². The largest absolute Gasteiger partial charge is 0.489 e. The number of rotatable bonds is 13. The Morgan fingerprint density at radius 2 is 1.50 bits per heavy atom. The third kappa shape index (κ3) is 5.77. The zero-order chi connectivity index (χ0) is 29.2. The fraction of sp³-hybridized carbons (Fsp3) is 0.529. The number of benzene rings is 2. The number of hydrogen-bond acceptors (Lipinski definition) is 6. The molecule has 40 heavy (non-hydrogen) atoms. The Hall–Kier alpha value is -3.28. The maximum absolute atomic E-state index is 12.2. The van der Waals surface area contributed by atoms with Gasteiger partial charge >= 0.3 is 11.9 Å². The molecule has 4 unspecified atom stereocenters. The van der Waals surface area contributed by atoms with Crippen LogP contribution in [0.2, 0.25) is 0 Å². The first-order valence-corrected chi connectivity index (χ1v) is 14.6. The Balaban J connectivity index is 1.78. The fourth-order valence-electron chi connectivity index (χ4n) is 6.05. The maximum Gasteiger partial charge on any atom is 0.333 e. The molecule has 4 rings (SSSR count). The van der Waals surface area contributed by atoms with Crippen molar-refractivity contribution in [2.45, 2.75) is 104 Å². The van der Waals surface area contributed by atoms with Gasteiger partial charge in [-0.3, -0.25) is 0 Å². The first kappa shape index (κ1) is 29.7. The number of esters is 2. The highest BCUT2D eigenvalue weighted by Gasteiger charge is 2.50. The molecule has 216 valence electrons. The Kier molecular flexibility index (Phi) is 8.96. The molecule has 0 amide bonds. The van der Waals surface area contributed by atoms with Crippen molar-refractivity contribution in [1.82, 2.24) is 0 Å². The summed E-state index contributed by atoms with van der Waals surface area (Å²) in [5.74, 6) is 1.34. The average molecular weight is 549 g/mol. The van der Waals surface area contributed by atoms with E-state index in [-0.39, 0.29) is 30.8 Å². The quantitative estimate of drug-likeness (QED) is 0.191. The van der Waals surface area contributed by atoms with Crippen LogP contribution >= 0.6 is 0 Å². The first-order valence-electron chi connectivity index (χ1n) is 14.6. The SMILES string of the molecule is C=C(C)C(=O)OC(CC)COc1c2c(c(OCC(CC)OC(=O)C(=C)C)c3ccc(CC)cc13)C1(C)CCC2C1. The molecule has 1 saturated carbocycles. The molecule has 2 bridgehead atoms. The summed E-state index contributed by atoms with van der Waals surface area (Å²) in [6.45, 7) is 19.7. The number of hydrogen-bond donors (Lipinski definition) is 0. The maximum atomic E-state index is 12.2. The molecule has 1 fully saturated rings.